The van der Waals surface area contributed by atoms with Gasteiger partial charge in [0.05, 0.1) is 0 Å². The van der Waals surface area contributed by atoms with Gasteiger partial charge in [0.25, 0.3) is 0 Å². The predicted octanol–water partition coefficient (Wildman–Crippen LogP) is 4.15. The average Bonchev–Trinajstić information content (AvgIpc) is 2.75. The average molecular weight is 414 g/mol. The Bertz CT molecular complexity index is 805. The van der Waals surface area contributed by atoms with Crippen LogP contribution in [-0.2, 0) is 16.1 Å². The van der Waals surface area contributed by atoms with Crippen molar-refractivity contribution in [2.75, 3.05) is 5.88 Å². The molecule has 154 valence electrons. The zero-order valence-corrected chi connectivity index (χ0v) is 17.6. The number of hydrogen-bond acceptors (Lipinski definition) is 3. The van der Waals surface area contributed by atoms with E-state index in [-0.39, 0.29) is 23.7 Å². The van der Waals surface area contributed by atoms with Crippen molar-refractivity contribution in [1.82, 2.24) is 15.2 Å². The van der Waals surface area contributed by atoms with Crippen LogP contribution in [0.5, 0.6) is 0 Å². The number of benzene rings is 1. The monoisotopic (exact) mass is 413 g/mol. The highest BCUT2D eigenvalue weighted by Gasteiger charge is 2.32. The molecule has 1 unspecified atom stereocenters. The normalized spacial score (nSPS) is 15.5. The fourth-order valence-electron chi connectivity index (χ4n) is 3.83. The van der Waals surface area contributed by atoms with Gasteiger partial charge in [0.1, 0.15) is 11.9 Å². The smallest absolute Gasteiger partial charge is 0.247 e. The van der Waals surface area contributed by atoms with Gasteiger partial charge in [0, 0.05) is 30.5 Å². The number of nitrogens with zero attached hydrogens (tertiary/aromatic N) is 2. The van der Waals surface area contributed by atoms with Gasteiger partial charge in [0.15, 0.2) is 0 Å². The molecule has 0 saturated heterocycles. The van der Waals surface area contributed by atoms with Gasteiger partial charge in [-0.3, -0.25) is 14.6 Å². The summed E-state index contributed by atoms with van der Waals surface area (Å²) in [5.41, 5.74) is 2.78. The van der Waals surface area contributed by atoms with E-state index in [0.29, 0.717) is 12.1 Å². The minimum absolute atomic E-state index is 0.155. The number of hydrogen-bond donors (Lipinski definition) is 1. The highest BCUT2D eigenvalue weighted by molar-refractivity contribution is 6.27. The Morgan fingerprint density at radius 1 is 1.17 bits per heavy atom. The number of carbonyl (C=O) groups is 2. The molecule has 0 bridgehead atoms. The maximum absolute atomic E-state index is 13.3. The lowest BCUT2D eigenvalue weighted by molar-refractivity contribution is -0.140. The van der Waals surface area contributed by atoms with Gasteiger partial charge in [-0.05, 0) is 31.4 Å². The minimum Gasteiger partial charge on any atom is -0.351 e. The maximum atomic E-state index is 13.3. The van der Waals surface area contributed by atoms with E-state index < -0.39 is 6.04 Å². The molecule has 2 aromatic rings. The number of aryl methyl sites for hydroxylation is 1. The molecule has 3 rings (SSSR count). The fraction of sp³-hybridized carbons (Fsp3) is 0.435. The van der Waals surface area contributed by atoms with Gasteiger partial charge in [-0.15, -0.1) is 11.6 Å². The third kappa shape index (κ3) is 5.80. The van der Waals surface area contributed by atoms with Crippen molar-refractivity contribution in [3.8, 4) is 0 Å². The first-order valence-corrected chi connectivity index (χ1v) is 10.7. The van der Waals surface area contributed by atoms with Crippen molar-refractivity contribution in [1.29, 1.82) is 0 Å². The van der Waals surface area contributed by atoms with Crippen LogP contribution in [0.3, 0.4) is 0 Å². The number of carbonyl (C=O) groups excluding carboxylic acids is 2. The van der Waals surface area contributed by atoms with E-state index in [0.717, 1.165) is 36.8 Å². The Labute approximate surface area is 177 Å². The second-order valence-electron chi connectivity index (χ2n) is 7.67. The van der Waals surface area contributed by atoms with Gasteiger partial charge >= 0.3 is 0 Å². The molecular formula is C23H28ClN3O2. The molecule has 29 heavy (non-hydrogen) atoms. The Hall–Kier alpha value is -2.40. The van der Waals surface area contributed by atoms with E-state index in [1.165, 1.54) is 6.42 Å². The molecule has 1 aromatic carbocycles. The van der Waals surface area contributed by atoms with Gasteiger partial charge < -0.3 is 10.2 Å². The van der Waals surface area contributed by atoms with Crippen LogP contribution in [0.4, 0.5) is 0 Å². The van der Waals surface area contributed by atoms with Gasteiger partial charge in [-0.1, -0.05) is 55.2 Å². The van der Waals surface area contributed by atoms with Crippen molar-refractivity contribution in [2.45, 2.75) is 57.7 Å². The number of nitrogens with one attached hydrogen (secondary N) is 1. The first-order valence-electron chi connectivity index (χ1n) is 10.2. The summed E-state index contributed by atoms with van der Waals surface area (Å²) in [5, 5.41) is 3.17. The molecule has 1 heterocycles. The van der Waals surface area contributed by atoms with E-state index in [4.69, 9.17) is 11.6 Å². The van der Waals surface area contributed by atoms with E-state index >= 15 is 0 Å². The number of aromatic nitrogens is 1. The fourth-order valence-corrected chi connectivity index (χ4v) is 3.98. The minimum atomic E-state index is -0.766. The highest BCUT2D eigenvalue weighted by atomic mass is 35.5. The van der Waals surface area contributed by atoms with Crippen molar-refractivity contribution >= 4 is 23.4 Å². The molecular weight excluding hydrogens is 386 g/mol. The molecule has 1 fully saturated rings. The SMILES string of the molecule is Cc1ccc(CN(C(=O)CCl)C(C(=O)NC2CCCCC2)c2cccnc2)cc1. The molecule has 0 radical (unpaired) electrons. The summed E-state index contributed by atoms with van der Waals surface area (Å²) in [6.07, 6.45) is 8.72. The largest absolute Gasteiger partial charge is 0.351 e. The molecule has 1 saturated carbocycles. The second kappa shape index (κ2) is 10.4. The van der Waals surface area contributed by atoms with E-state index in [9.17, 15) is 9.59 Å². The number of amides is 2. The zero-order valence-electron chi connectivity index (χ0n) is 16.8. The summed E-state index contributed by atoms with van der Waals surface area (Å²) < 4.78 is 0. The van der Waals surface area contributed by atoms with Crippen molar-refractivity contribution in [3.05, 3.63) is 65.5 Å². The molecule has 0 spiro atoms. The van der Waals surface area contributed by atoms with Crippen molar-refractivity contribution < 1.29 is 9.59 Å². The molecule has 1 aromatic heterocycles. The first kappa shape index (κ1) is 21.3. The first-order chi connectivity index (χ1) is 14.1. The quantitative estimate of drug-likeness (QED) is 0.693. The van der Waals surface area contributed by atoms with Gasteiger partial charge in [0.2, 0.25) is 11.8 Å². The summed E-state index contributed by atoms with van der Waals surface area (Å²) in [6, 6.07) is 11.0. The Balaban J connectivity index is 1.90. The predicted molar refractivity (Wildman–Crippen MR) is 114 cm³/mol. The molecule has 1 aliphatic rings. The summed E-state index contributed by atoms with van der Waals surface area (Å²) in [6.45, 7) is 2.32. The number of halogens is 1. The van der Waals surface area contributed by atoms with Crippen LogP contribution in [0.1, 0.15) is 54.8 Å². The molecule has 2 amide bonds. The van der Waals surface area contributed by atoms with Gasteiger partial charge in [-0.2, -0.15) is 0 Å². The van der Waals surface area contributed by atoms with Crippen molar-refractivity contribution in [3.63, 3.8) is 0 Å². The van der Waals surface area contributed by atoms with Crippen LogP contribution in [0.25, 0.3) is 0 Å². The standard InChI is InChI=1S/C23H28ClN3O2/c1-17-9-11-18(12-10-17)16-27(21(28)14-24)22(19-6-5-13-25-15-19)23(29)26-20-7-3-2-4-8-20/h5-6,9-13,15,20,22H,2-4,7-8,14,16H2,1H3,(H,26,29). The zero-order chi connectivity index (χ0) is 20.6. The molecule has 0 aliphatic heterocycles. The molecule has 5 nitrogen and oxygen atoms in total. The number of rotatable bonds is 7. The Morgan fingerprint density at radius 3 is 2.52 bits per heavy atom. The molecule has 1 N–H and O–H groups in total. The second-order valence-corrected chi connectivity index (χ2v) is 7.94. The van der Waals surface area contributed by atoms with E-state index in [1.807, 2.05) is 37.3 Å². The van der Waals surface area contributed by atoms with Crippen LogP contribution < -0.4 is 5.32 Å². The lowest BCUT2D eigenvalue weighted by Gasteiger charge is -2.33. The van der Waals surface area contributed by atoms with Gasteiger partial charge in [-0.25, -0.2) is 0 Å². The summed E-state index contributed by atoms with van der Waals surface area (Å²) in [7, 11) is 0. The molecule has 1 atom stereocenters. The Morgan fingerprint density at radius 2 is 1.90 bits per heavy atom. The molecule has 6 heteroatoms. The van der Waals surface area contributed by atoms with Crippen LogP contribution >= 0.6 is 11.6 Å². The summed E-state index contributed by atoms with van der Waals surface area (Å²) in [5.74, 6) is -0.630. The maximum Gasteiger partial charge on any atom is 0.247 e. The van der Waals surface area contributed by atoms with Crippen LogP contribution in [0, 0.1) is 6.92 Å². The van der Waals surface area contributed by atoms with Crippen molar-refractivity contribution in [2.24, 2.45) is 0 Å². The summed E-state index contributed by atoms with van der Waals surface area (Å²) >= 11 is 5.93. The number of alkyl halides is 1. The van der Waals surface area contributed by atoms with Crippen LogP contribution in [0.15, 0.2) is 48.8 Å². The van der Waals surface area contributed by atoms with Crippen LogP contribution in [-0.4, -0.2) is 33.6 Å². The van der Waals surface area contributed by atoms with Crippen LogP contribution in [0.2, 0.25) is 0 Å². The lowest BCUT2D eigenvalue weighted by atomic mass is 9.94. The third-order valence-electron chi connectivity index (χ3n) is 5.42. The Kier molecular flexibility index (Phi) is 7.64. The highest BCUT2D eigenvalue weighted by Crippen LogP contribution is 2.25. The van der Waals surface area contributed by atoms with E-state index in [1.54, 1.807) is 23.4 Å². The number of pyridine rings is 1. The third-order valence-corrected chi connectivity index (χ3v) is 5.65. The van der Waals surface area contributed by atoms with E-state index in [2.05, 4.69) is 10.3 Å². The lowest BCUT2D eigenvalue weighted by Crippen LogP contribution is -2.47. The molecule has 1 aliphatic carbocycles. The summed E-state index contributed by atoms with van der Waals surface area (Å²) in [4.78, 5) is 31.9. The topological polar surface area (TPSA) is 62.3 Å².